The fourth-order valence-corrected chi connectivity index (χ4v) is 3.42. The summed E-state index contributed by atoms with van der Waals surface area (Å²) in [6.45, 7) is 5.53. The summed E-state index contributed by atoms with van der Waals surface area (Å²) in [6.07, 6.45) is 0. The molecule has 0 aromatic heterocycles. The smallest absolute Gasteiger partial charge is 0.221 e. The Bertz CT molecular complexity index is 834. The van der Waals surface area contributed by atoms with Gasteiger partial charge in [0.25, 0.3) is 0 Å². The molecule has 0 aliphatic rings. The SMILES string of the molecule is CCNC(=NCc1ccc(OC)c(NC(C)=O)c1)NCCSc1ccc(Cl)cc1.I. The molecular weight excluding hydrogens is 535 g/mol. The second-order valence-electron chi connectivity index (χ2n) is 6.14. The van der Waals surface area contributed by atoms with E-state index in [-0.39, 0.29) is 29.9 Å². The van der Waals surface area contributed by atoms with Gasteiger partial charge in [0.05, 0.1) is 19.3 Å². The predicted octanol–water partition coefficient (Wildman–Crippen LogP) is 4.77. The summed E-state index contributed by atoms with van der Waals surface area (Å²) in [5.41, 5.74) is 1.62. The number of nitrogens with one attached hydrogen (secondary N) is 3. The maximum absolute atomic E-state index is 11.4. The Hall–Kier alpha value is -1.65. The van der Waals surface area contributed by atoms with E-state index >= 15 is 0 Å². The average molecular weight is 563 g/mol. The lowest BCUT2D eigenvalue weighted by Gasteiger charge is -2.12. The molecule has 6 nitrogen and oxygen atoms in total. The topological polar surface area (TPSA) is 74.8 Å². The van der Waals surface area contributed by atoms with Gasteiger partial charge in [-0.1, -0.05) is 17.7 Å². The molecule has 0 radical (unpaired) electrons. The summed E-state index contributed by atoms with van der Waals surface area (Å²) in [5, 5.41) is 10.1. The van der Waals surface area contributed by atoms with Crippen LogP contribution in [0.15, 0.2) is 52.4 Å². The molecule has 9 heteroatoms. The second-order valence-corrected chi connectivity index (χ2v) is 7.74. The van der Waals surface area contributed by atoms with Crippen LogP contribution in [-0.4, -0.2) is 37.8 Å². The van der Waals surface area contributed by atoms with Crippen molar-refractivity contribution < 1.29 is 9.53 Å². The van der Waals surface area contributed by atoms with Crippen molar-refractivity contribution in [2.24, 2.45) is 4.99 Å². The Labute approximate surface area is 204 Å². The van der Waals surface area contributed by atoms with Crippen molar-refractivity contribution >= 4 is 64.9 Å². The van der Waals surface area contributed by atoms with Crippen LogP contribution in [0.3, 0.4) is 0 Å². The molecule has 1 amide bonds. The highest BCUT2D eigenvalue weighted by molar-refractivity contribution is 14.0. The lowest BCUT2D eigenvalue weighted by atomic mass is 10.2. The number of nitrogens with zero attached hydrogens (tertiary/aromatic N) is 1. The molecule has 2 rings (SSSR count). The fourth-order valence-electron chi connectivity index (χ4n) is 2.52. The molecule has 164 valence electrons. The summed E-state index contributed by atoms with van der Waals surface area (Å²) < 4.78 is 5.29. The molecule has 30 heavy (non-hydrogen) atoms. The molecule has 0 saturated carbocycles. The first-order valence-corrected chi connectivity index (χ1v) is 10.7. The number of hydrogen-bond donors (Lipinski definition) is 3. The van der Waals surface area contributed by atoms with Crippen LogP contribution in [0.4, 0.5) is 5.69 Å². The van der Waals surface area contributed by atoms with E-state index in [1.165, 1.54) is 11.8 Å². The van der Waals surface area contributed by atoms with Gasteiger partial charge in [0.2, 0.25) is 5.91 Å². The quantitative estimate of drug-likeness (QED) is 0.135. The summed E-state index contributed by atoms with van der Waals surface area (Å²) >= 11 is 7.67. The summed E-state index contributed by atoms with van der Waals surface area (Å²) in [7, 11) is 1.58. The van der Waals surface area contributed by atoms with Crippen LogP contribution in [0.25, 0.3) is 0 Å². The third-order valence-electron chi connectivity index (χ3n) is 3.82. The molecule has 0 spiro atoms. The van der Waals surface area contributed by atoms with Gasteiger partial charge in [-0.2, -0.15) is 0 Å². The van der Waals surface area contributed by atoms with Crippen LogP contribution in [0, 0.1) is 0 Å². The summed E-state index contributed by atoms with van der Waals surface area (Å²) in [6, 6.07) is 13.5. The number of ether oxygens (including phenoxy) is 1. The molecule has 0 fully saturated rings. The van der Waals surface area contributed by atoms with Gasteiger partial charge in [0, 0.05) is 35.7 Å². The molecule has 0 bridgehead atoms. The minimum atomic E-state index is -0.142. The number of thioether (sulfide) groups is 1. The lowest BCUT2D eigenvalue weighted by molar-refractivity contribution is -0.114. The van der Waals surface area contributed by atoms with Crippen LogP contribution < -0.4 is 20.7 Å². The monoisotopic (exact) mass is 562 g/mol. The first-order valence-electron chi connectivity index (χ1n) is 9.37. The van der Waals surface area contributed by atoms with Gasteiger partial charge in [-0.3, -0.25) is 4.79 Å². The molecule has 0 heterocycles. The van der Waals surface area contributed by atoms with Crippen LogP contribution in [0.5, 0.6) is 5.75 Å². The number of halogens is 2. The molecule has 3 N–H and O–H groups in total. The molecule has 0 atom stereocenters. The molecule has 0 aliphatic heterocycles. The lowest BCUT2D eigenvalue weighted by Crippen LogP contribution is -2.38. The number of carbonyl (C=O) groups excluding carboxylic acids is 1. The zero-order chi connectivity index (χ0) is 21.1. The van der Waals surface area contributed by atoms with E-state index in [0.717, 1.165) is 35.4 Å². The number of guanidine groups is 1. The van der Waals surface area contributed by atoms with Crippen molar-refractivity contribution in [2.75, 3.05) is 31.3 Å². The van der Waals surface area contributed by atoms with Gasteiger partial charge in [-0.15, -0.1) is 35.7 Å². The third-order valence-corrected chi connectivity index (χ3v) is 5.08. The van der Waals surface area contributed by atoms with E-state index in [0.29, 0.717) is 18.0 Å². The second kappa shape index (κ2) is 14.4. The summed E-state index contributed by atoms with van der Waals surface area (Å²) in [4.78, 5) is 17.2. The minimum Gasteiger partial charge on any atom is -0.495 e. The number of anilines is 1. The Morgan fingerprint density at radius 1 is 1.17 bits per heavy atom. The Balaban J connectivity index is 0.00000450. The van der Waals surface area contributed by atoms with Gasteiger partial charge in [0.15, 0.2) is 5.96 Å². The molecule has 0 unspecified atom stereocenters. The Kier molecular flexibility index (Phi) is 12.6. The van der Waals surface area contributed by atoms with E-state index in [4.69, 9.17) is 16.3 Å². The number of benzene rings is 2. The normalized spacial score (nSPS) is 10.7. The molecule has 0 aliphatic carbocycles. The average Bonchev–Trinajstić information content (AvgIpc) is 2.70. The number of hydrogen-bond acceptors (Lipinski definition) is 4. The zero-order valence-corrected chi connectivity index (χ0v) is 21.2. The van der Waals surface area contributed by atoms with Crippen molar-refractivity contribution in [1.82, 2.24) is 10.6 Å². The molecule has 2 aromatic rings. The van der Waals surface area contributed by atoms with Gasteiger partial charge in [-0.05, 0) is 48.9 Å². The van der Waals surface area contributed by atoms with Crippen LogP contribution >= 0.6 is 47.3 Å². The maximum Gasteiger partial charge on any atom is 0.221 e. The van der Waals surface area contributed by atoms with Crippen molar-refractivity contribution in [3.63, 3.8) is 0 Å². The van der Waals surface area contributed by atoms with E-state index in [9.17, 15) is 4.79 Å². The Morgan fingerprint density at radius 2 is 1.90 bits per heavy atom. The van der Waals surface area contributed by atoms with Crippen molar-refractivity contribution in [3.8, 4) is 5.75 Å². The van der Waals surface area contributed by atoms with Crippen molar-refractivity contribution in [3.05, 3.63) is 53.1 Å². The molecular formula is C21H28ClIN4O2S. The first kappa shape index (κ1) is 26.4. The summed E-state index contributed by atoms with van der Waals surface area (Å²) in [5.74, 6) is 2.14. The highest BCUT2D eigenvalue weighted by Crippen LogP contribution is 2.25. The van der Waals surface area contributed by atoms with Crippen LogP contribution in [0.1, 0.15) is 19.4 Å². The zero-order valence-electron chi connectivity index (χ0n) is 17.3. The van der Waals surface area contributed by atoms with E-state index in [1.807, 2.05) is 49.4 Å². The first-order chi connectivity index (χ1) is 14.0. The number of rotatable bonds is 9. The van der Waals surface area contributed by atoms with Gasteiger partial charge < -0.3 is 20.7 Å². The van der Waals surface area contributed by atoms with E-state index < -0.39 is 0 Å². The van der Waals surface area contributed by atoms with Crippen molar-refractivity contribution in [1.29, 1.82) is 0 Å². The van der Waals surface area contributed by atoms with Crippen LogP contribution in [-0.2, 0) is 11.3 Å². The molecule has 2 aromatic carbocycles. The standard InChI is InChI=1S/C21H27ClN4O2S.HI/c1-4-23-21(24-11-12-29-18-8-6-17(22)7-9-18)25-14-16-5-10-20(28-3)19(13-16)26-15(2)27;/h5-10,13H,4,11-12,14H2,1-3H3,(H,26,27)(H2,23,24,25);1H. The molecule has 0 saturated heterocycles. The number of carbonyl (C=O) groups is 1. The van der Waals surface area contributed by atoms with Gasteiger partial charge in [-0.25, -0.2) is 4.99 Å². The van der Waals surface area contributed by atoms with Crippen molar-refractivity contribution in [2.45, 2.75) is 25.3 Å². The predicted molar refractivity (Wildman–Crippen MR) is 138 cm³/mol. The van der Waals surface area contributed by atoms with E-state index in [1.54, 1.807) is 18.9 Å². The maximum atomic E-state index is 11.4. The third kappa shape index (κ3) is 9.44. The number of methoxy groups -OCH3 is 1. The Morgan fingerprint density at radius 3 is 2.53 bits per heavy atom. The van der Waals surface area contributed by atoms with Gasteiger partial charge >= 0.3 is 0 Å². The van der Waals surface area contributed by atoms with E-state index in [2.05, 4.69) is 20.9 Å². The number of amides is 1. The largest absolute Gasteiger partial charge is 0.495 e. The van der Waals surface area contributed by atoms with Crippen LogP contribution in [0.2, 0.25) is 5.02 Å². The fraction of sp³-hybridized carbons (Fsp3) is 0.333. The minimum absolute atomic E-state index is 0. The highest BCUT2D eigenvalue weighted by atomic mass is 127. The number of aliphatic imine (C=N–C) groups is 1. The highest BCUT2D eigenvalue weighted by Gasteiger charge is 2.06. The van der Waals surface area contributed by atoms with Gasteiger partial charge in [0.1, 0.15) is 5.75 Å².